The van der Waals surface area contributed by atoms with Gasteiger partial charge in [0.25, 0.3) is 15.9 Å². The van der Waals surface area contributed by atoms with Gasteiger partial charge in [-0.25, -0.2) is 13.1 Å². The van der Waals surface area contributed by atoms with E-state index in [1.165, 1.54) is 6.42 Å². The average Bonchev–Trinajstić information content (AvgIpc) is 3.55. The summed E-state index contributed by atoms with van der Waals surface area (Å²) in [5, 5.41) is 16.3. The molecule has 3 fully saturated rings. The van der Waals surface area contributed by atoms with Gasteiger partial charge in [-0.1, -0.05) is 19.3 Å². The van der Waals surface area contributed by atoms with Crippen molar-refractivity contribution < 1.29 is 26.7 Å². The molecule has 37 heavy (non-hydrogen) atoms. The van der Waals surface area contributed by atoms with E-state index in [1.807, 2.05) is 4.90 Å². The Hall–Kier alpha value is -1.96. The molecule has 6 rings (SSSR count). The monoisotopic (exact) mass is 568 g/mol. The molecule has 0 aromatic carbocycles. The minimum atomic E-state index is -4.23. The Morgan fingerprint density at radius 1 is 1.19 bits per heavy atom. The lowest BCUT2D eigenvalue weighted by Crippen LogP contribution is -2.55. The predicted octanol–water partition coefficient (Wildman–Crippen LogP) is 2.96. The van der Waals surface area contributed by atoms with Crippen LogP contribution in [0.3, 0.4) is 0 Å². The van der Waals surface area contributed by atoms with E-state index in [0.717, 1.165) is 62.5 Å². The lowest BCUT2D eigenvalue weighted by Gasteiger charge is -2.45. The van der Waals surface area contributed by atoms with Gasteiger partial charge in [0.2, 0.25) is 10.0 Å². The summed E-state index contributed by atoms with van der Waals surface area (Å²) in [4.78, 5) is 15.8. The number of carbonyl (C=O) groups is 1. The van der Waals surface area contributed by atoms with Gasteiger partial charge in [0, 0.05) is 30.6 Å². The molecule has 3 N–H and O–H groups in total. The molecule has 2 bridgehead atoms. The number of fused-ring (bicyclic) bond motifs is 6. The van der Waals surface area contributed by atoms with E-state index in [0.29, 0.717) is 18.4 Å². The lowest BCUT2D eigenvalue weighted by atomic mass is 9.77. The summed E-state index contributed by atoms with van der Waals surface area (Å²) in [6.45, 7) is 0.441. The molecule has 1 aromatic rings. The third kappa shape index (κ3) is 4.41. The number of thiophene rings is 1. The Morgan fingerprint density at radius 2 is 1.92 bits per heavy atom. The maximum Gasteiger partial charge on any atom is 0.287 e. The third-order valence-electron chi connectivity index (χ3n) is 8.74. The van der Waals surface area contributed by atoms with Crippen LogP contribution >= 0.6 is 11.3 Å². The number of nitrogens with zero attached hydrogens (tertiary/aromatic N) is 2. The zero-order valence-electron chi connectivity index (χ0n) is 20.6. The molecule has 2 aliphatic heterocycles. The number of hydrogen-bond donors (Lipinski definition) is 3. The maximum atomic E-state index is 14.0. The van der Waals surface area contributed by atoms with Crippen molar-refractivity contribution in [2.75, 3.05) is 18.1 Å². The second-order valence-electron chi connectivity index (χ2n) is 11.1. The van der Waals surface area contributed by atoms with Gasteiger partial charge in [0.05, 0.1) is 6.26 Å². The molecule has 3 aliphatic carbocycles. The summed E-state index contributed by atoms with van der Waals surface area (Å²) in [7, 11) is -7.76. The van der Waals surface area contributed by atoms with Crippen molar-refractivity contribution in [1.82, 2.24) is 9.62 Å². The summed E-state index contributed by atoms with van der Waals surface area (Å²) in [6.07, 6.45) is 9.73. The predicted molar refractivity (Wildman–Crippen MR) is 140 cm³/mol. The van der Waals surface area contributed by atoms with Crippen molar-refractivity contribution in [1.29, 1.82) is 0 Å². The number of anilines is 1. The molecule has 1 aromatic heterocycles. The summed E-state index contributed by atoms with van der Waals surface area (Å²) in [5.41, 5.74) is 0.240. The van der Waals surface area contributed by atoms with Crippen LogP contribution in [0, 0.1) is 23.7 Å². The summed E-state index contributed by atoms with van der Waals surface area (Å²) in [5.74, 6) is 0.331. The van der Waals surface area contributed by atoms with Crippen LogP contribution in [0.2, 0.25) is 0 Å². The highest BCUT2D eigenvalue weighted by molar-refractivity contribution is 7.91. The summed E-state index contributed by atoms with van der Waals surface area (Å²) in [6, 6.07) is -0.0382. The smallest absolute Gasteiger partial charge is 0.287 e. The van der Waals surface area contributed by atoms with Crippen LogP contribution in [0.1, 0.15) is 56.9 Å². The van der Waals surface area contributed by atoms with Crippen LogP contribution < -0.4 is 10.0 Å². The van der Waals surface area contributed by atoms with Crippen LogP contribution in [-0.4, -0.2) is 57.4 Å². The maximum absolute atomic E-state index is 14.0. The van der Waals surface area contributed by atoms with E-state index < -0.39 is 20.0 Å². The fourth-order valence-electron chi connectivity index (χ4n) is 7.21. The first-order chi connectivity index (χ1) is 17.5. The highest BCUT2D eigenvalue weighted by Crippen LogP contribution is 2.55. The molecule has 1 amide bonds. The van der Waals surface area contributed by atoms with Crippen molar-refractivity contribution in [3.63, 3.8) is 0 Å². The largest absolute Gasteiger partial charge is 0.511 e. The molecule has 0 spiro atoms. The molecule has 202 valence electrons. The molecular formula is C24H32N4O6S3. The van der Waals surface area contributed by atoms with E-state index >= 15 is 0 Å². The molecule has 4 atom stereocenters. The first kappa shape index (κ1) is 25.3. The Balaban J connectivity index is 1.36. The van der Waals surface area contributed by atoms with E-state index in [-0.39, 0.29) is 63.0 Å². The molecule has 10 nitrogen and oxygen atoms in total. The van der Waals surface area contributed by atoms with E-state index in [9.17, 15) is 26.7 Å². The van der Waals surface area contributed by atoms with Gasteiger partial charge < -0.3 is 15.3 Å². The van der Waals surface area contributed by atoms with Crippen LogP contribution in [0.5, 0.6) is 0 Å². The number of aliphatic hydroxyl groups excluding tert-OH is 1. The number of nitrogens with one attached hydrogen (secondary N) is 2. The van der Waals surface area contributed by atoms with E-state index in [4.69, 9.17) is 0 Å². The lowest BCUT2D eigenvalue weighted by molar-refractivity contribution is -0.134. The van der Waals surface area contributed by atoms with Gasteiger partial charge in [-0.05, 0) is 55.2 Å². The Labute approximate surface area is 221 Å². The van der Waals surface area contributed by atoms with Crippen molar-refractivity contribution in [2.24, 2.45) is 28.1 Å². The number of amides is 1. The van der Waals surface area contributed by atoms with Gasteiger partial charge in [-0.15, -0.1) is 15.7 Å². The molecule has 3 heterocycles. The second kappa shape index (κ2) is 9.06. The van der Waals surface area contributed by atoms with E-state index in [1.54, 1.807) is 5.38 Å². The number of aliphatic hydroxyl groups is 1. The van der Waals surface area contributed by atoms with Crippen molar-refractivity contribution in [3.8, 4) is 0 Å². The molecule has 0 saturated heterocycles. The number of amidine groups is 1. The van der Waals surface area contributed by atoms with Gasteiger partial charge >= 0.3 is 0 Å². The minimum absolute atomic E-state index is 0.0382. The van der Waals surface area contributed by atoms with Gasteiger partial charge in [-0.3, -0.25) is 4.79 Å². The molecule has 13 heteroatoms. The minimum Gasteiger partial charge on any atom is -0.511 e. The molecule has 3 saturated carbocycles. The fourth-order valence-corrected chi connectivity index (χ4v) is 10.2. The van der Waals surface area contributed by atoms with Gasteiger partial charge in [0.1, 0.15) is 21.2 Å². The topological polar surface area (TPSA) is 145 Å². The summed E-state index contributed by atoms with van der Waals surface area (Å²) >= 11 is 1.10. The quantitative estimate of drug-likeness (QED) is 0.478. The zero-order chi connectivity index (χ0) is 26.1. The number of hydrogen-bond acceptors (Lipinski definition) is 8. The summed E-state index contributed by atoms with van der Waals surface area (Å²) < 4.78 is 55.9. The van der Waals surface area contributed by atoms with Gasteiger partial charge in [0.15, 0.2) is 5.84 Å². The van der Waals surface area contributed by atoms with Crippen molar-refractivity contribution in [2.45, 2.75) is 68.8 Å². The van der Waals surface area contributed by atoms with Crippen molar-refractivity contribution in [3.05, 3.63) is 22.3 Å². The van der Waals surface area contributed by atoms with Crippen LogP contribution in [-0.2, 0) is 31.4 Å². The Kier molecular flexibility index (Phi) is 6.20. The number of rotatable bonds is 6. The van der Waals surface area contributed by atoms with E-state index in [2.05, 4.69) is 14.4 Å². The molecule has 5 aliphatic rings. The van der Waals surface area contributed by atoms with Crippen LogP contribution in [0.15, 0.2) is 26.0 Å². The molecular weight excluding hydrogens is 536 g/mol. The van der Waals surface area contributed by atoms with Crippen LogP contribution in [0.25, 0.3) is 0 Å². The highest BCUT2D eigenvalue weighted by atomic mass is 32.2. The number of carbonyl (C=O) groups excluding carboxylic acids is 1. The molecule has 2 unspecified atom stereocenters. The first-order valence-electron chi connectivity index (χ1n) is 12.9. The van der Waals surface area contributed by atoms with Crippen molar-refractivity contribution >= 4 is 48.1 Å². The second-order valence-corrected chi connectivity index (χ2v) is 15.4. The average molecular weight is 569 g/mol. The normalized spacial score (nSPS) is 31.2. The fraction of sp³-hybridized carbons (Fsp3) is 0.667. The van der Waals surface area contributed by atoms with Gasteiger partial charge in [-0.2, -0.15) is 8.42 Å². The SMILES string of the molecule is CS(=O)(=O)NCc1csc2c1S(=O)(=O)N=C(C1=C(O)C3C([C@@H]4CC[C@H]3C4)N(CC3CCCCC3)C1=O)N2. The highest BCUT2D eigenvalue weighted by Gasteiger charge is 2.57. The Morgan fingerprint density at radius 3 is 2.65 bits per heavy atom. The standard InChI is InChI=1S/C24H32N4O6S3/c1-36(31,32)25-10-16-12-35-23-21(16)37(33,34)27-22(26-23)18-20(29)17-14-7-8-15(9-14)19(17)28(24(18)30)11-13-5-3-2-4-6-13/h12-15,17,19,25,29H,2-11H2,1H3,(H,26,27)/t14-,15+,17?,19?/m0/s1. The Bertz CT molecular complexity index is 1410. The zero-order valence-corrected chi connectivity index (χ0v) is 23.1. The third-order valence-corrected chi connectivity index (χ3v) is 11.9. The number of sulfonamides is 2. The molecule has 0 radical (unpaired) electrons. The van der Waals surface area contributed by atoms with Crippen LogP contribution in [0.4, 0.5) is 5.00 Å². The first-order valence-corrected chi connectivity index (χ1v) is 17.2.